The van der Waals surface area contributed by atoms with Crippen LogP contribution >= 0.6 is 0 Å². The number of benzene rings is 1. The van der Waals surface area contributed by atoms with E-state index >= 15 is 0 Å². The molecule has 1 aromatic rings. The first-order chi connectivity index (χ1) is 7.84. The Balaban J connectivity index is 2.70. The van der Waals surface area contributed by atoms with Crippen LogP contribution in [-0.4, -0.2) is 12.5 Å². The van der Waals surface area contributed by atoms with E-state index in [0.29, 0.717) is 23.5 Å². The Morgan fingerprint density at radius 1 is 1.24 bits per heavy atom. The third kappa shape index (κ3) is 3.98. The van der Waals surface area contributed by atoms with Gasteiger partial charge >= 0.3 is 0 Å². The molecule has 94 valence electrons. The first-order valence-corrected chi connectivity index (χ1v) is 5.78. The van der Waals surface area contributed by atoms with Crippen molar-refractivity contribution in [1.29, 1.82) is 0 Å². The number of nitrogen functional groups attached to an aromatic ring is 2. The van der Waals surface area contributed by atoms with E-state index in [-0.39, 0.29) is 11.3 Å². The fourth-order valence-corrected chi connectivity index (χ4v) is 1.35. The summed E-state index contributed by atoms with van der Waals surface area (Å²) in [6.45, 7) is 6.96. The molecule has 4 heteroatoms. The maximum Gasteiger partial charge on any atom is 0.251 e. The maximum atomic E-state index is 11.9. The van der Waals surface area contributed by atoms with Crippen molar-refractivity contribution in [3.63, 3.8) is 0 Å². The molecule has 1 aromatic carbocycles. The van der Waals surface area contributed by atoms with E-state index in [4.69, 9.17) is 11.5 Å². The minimum absolute atomic E-state index is 0.0987. The number of amides is 1. The number of nitrogens with two attached hydrogens (primary N) is 2. The number of rotatable bonds is 4. The lowest BCUT2D eigenvalue weighted by Gasteiger charge is -2.22. The molecule has 0 fully saturated rings. The number of nitrogens with one attached hydrogen (secondary N) is 1. The summed E-state index contributed by atoms with van der Waals surface area (Å²) in [6, 6.07) is 4.89. The molecule has 0 aliphatic rings. The van der Waals surface area contributed by atoms with Crippen LogP contribution in [0.4, 0.5) is 11.4 Å². The van der Waals surface area contributed by atoms with E-state index in [1.165, 1.54) is 0 Å². The van der Waals surface area contributed by atoms with E-state index in [2.05, 4.69) is 26.1 Å². The Morgan fingerprint density at radius 3 is 2.24 bits per heavy atom. The predicted octanol–water partition coefficient (Wildman–Crippen LogP) is 2.02. The van der Waals surface area contributed by atoms with Gasteiger partial charge in [-0.2, -0.15) is 0 Å². The first kappa shape index (κ1) is 13.4. The number of anilines is 2. The second kappa shape index (κ2) is 5.08. The van der Waals surface area contributed by atoms with Gasteiger partial charge in [0.1, 0.15) is 0 Å². The van der Waals surface area contributed by atoms with Gasteiger partial charge in [-0.15, -0.1) is 0 Å². The molecule has 0 saturated heterocycles. The summed E-state index contributed by atoms with van der Waals surface area (Å²) in [5.74, 6) is -0.134. The highest BCUT2D eigenvalue weighted by Crippen LogP contribution is 2.18. The van der Waals surface area contributed by atoms with Gasteiger partial charge in [0.15, 0.2) is 0 Å². The summed E-state index contributed by atoms with van der Waals surface area (Å²) >= 11 is 0. The zero-order valence-corrected chi connectivity index (χ0v) is 10.7. The third-order valence-electron chi connectivity index (χ3n) is 2.92. The largest absolute Gasteiger partial charge is 0.399 e. The Labute approximate surface area is 102 Å². The monoisotopic (exact) mass is 235 g/mol. The molecule has 0 saturated carbocycles. The van der Waals surface area contributed by atoms with E-state index in [1.54, 1.807) is 18.2 Å². The van der Waals surface area contributed by atoms with Gasteiger partial charge in [0.2, 0.25) is 0 Å². The summed E-state index contributed by atoms with van der Waals surface area (Å²) in [4.78, 5) is 11.9. The zero-order chi connectivity index (χ0) is 13.1. The minimum Gasteiger partial charge on any atom is -0.399 e. The molecule has 0 aliphatic carbocycles. The molecule has 4 nitrogen and oxygen atoms in total. The molecule has 5 N–H and O–H groups in total. The van der Waals surface area contributed by atoms with Gasteiger partial charge < -0.3 is 16.8 Å². The van der Waals surface area contributed by atoms with Crippen LogP contribution in [0.3, 0.4) is 0 Å². The molecule has 1 amide bonds. The normalized spacial score (nSPS) is 11.2. The van der Waals surface area contributed by atoms with Crippen LogP contribution in [0.15, 0.2) is 18.2 Å². The average Bonchev–Trinajstić information content (AvgIpc) is 2.24. The predicted molar refractivity (Wildman–Crippen MR) is 71.7 cm³/mol. The molecule has 1 rings (SSSR count). The summed E-state index contributed by atoms with van der Waals surface area (Å²) in [5.41, 5.74) is 12.9. The number of carbonyl (C=O) groups is 1. The number of carbonyl (C=O) groups excluding carboxylic acids is 1. The highest BCUT2D eigenvalue weighted by Gasteiger charge is 2.16. The third-order valence-corrected chi connectivity index (χ3v) is 2.92. The van der Waals surface area contributed by atoms with Gasteiger partial charge in [-0.1, -0.05) is 20.8 Å². The van der Waals surface area contributed by atoms with Crippen molar-refractivity contribution in [3.05, 3.63) is 23.8 Å². The fourth-order valence-electron chi connectivity index (χ4n) is 1.35. The van der Waals surface area contributed by atoms with Gasteiger partial charge in [-0.3, -0.25) is 4.79 Å². The van der Waals surface area contributed by atoms with Crippen LogP contribution in [0.25, 0.3) is 0 Å². The van der Waals surface area contributed by atoms with E-state index in [1.807, 2.05) is 0 Å². The molecular weight excluding hydrogens is 214 g/mol. The Morgan fingerprint density at radius 2 is 1.76 bits per heavy atom. The molecule has 0 unspecified atom stereocenters. The number of hydrogen-bond acceptors (Lipinski definition) is 3. The minimum atomic E-state index is -0.134. The highest BCUT2D eigenvalue weighted by molar-refractivity contribution is 5.96. The van der Waals surface area contributed by atoms with E-state index in [9.17, 15) is 4.79 Å². The zero-order valence-electron chi connectivity index (χ0n) is 10.7. The lowest BCUT2D eigenvalue weighted by molar-refractivity contribution is 0.0936. The maximum absolute atomic E-state index is 11.9. The molecule has 0 aromatic heterocycles. The van der Waals surface area contributed by atoms with E-state index < -0.39 is 0 Å². The Bertz CT molecular complexity index is 393. The molecule has 0 radical (unpaired) electrons. The smallest absolute Gasteiger partial charge is 0.251 e. The molecule has 0 atom stereocenters. The van der Waals surface area contributed by atoms with Crippen molar-refractivity contribution < 1.29 is 4.79 Å². The molecule has 0 bridgehead atoms. The summed E-state index contributed by atoms with van der Waals surface area (Å²) in [5, 5.41) is 2.89. The SMILES string of the molecule is CCC(C)(C)CNC(=O)c1cc(N)cc(N)c1. The molecule has 0 spiro atoms. The quantitative estimate of drug-likeness (QED) is 0.698. The van der Waals surface area contributed by atoms with Crippen molar-refractivity contribution in [1.82, 2.24) is 5.32 Å². The molecule has 0 heterocycles. The van der Waals surface area contributed by atoms with Crippen molar-refractivity contribution in [3.8, 4) is 0 Å². The van der Waals surface area contributed by atoms with Crippen molar-refractivity contribution in [2.24, 2.45) is 5.41 Å². The first-order valence-electron chi connectivity index (χ1n) is 5.78. The second-order valence-corrected chi connectivity index (χ2v) is 5.09. The molecule has 17 heavy (non-hydrogen) atoms. The molecular formula is C13H21N3O. The average molecular weight is 235 g/mol. The van der Waals surface area contributed by atoms with Gasteiger partial charge in [0.25, 0.3) is 5.91 Å². The lowest BCUT2D eigenvalue weighted by atomic mass is 9.90. The van der Waals surface area contributed by atoms with Crippen LogP contribution in [0.1, 0.15) is 37.6 Å². The van der Waals surface area contributed by atoms with Crippen LogP contribution in [-0.2, 0) is 0 Å². The van der Waals surface area contributed by atoms with Gasteiger partial charge in [-0.05, 0) is 30.0 Å². The Kier molecular flexibility index (Phi) is 3.99. The van der Waals surface area contributed by atoms with E-state index in [0.717, 1.165) is 6.42 Å². The van der Waals surface area contributed by atoms with Crippen molar-refractivity contribution >= 4 is 17.3 Å². The highest BCUT2D eigenvalue weighted by atomic mass is 16.1. The van der Waals surface area contributed by atoms with Crippen LogP contribution in [0, 0.1) is 5.41 Å². The van der Waals surface area contributed by atoms with Crippen LogP contribution in [0.5, 0.6) is 0 Å². The Hall–Kier alpha value is -1.71. The topological polar surface area (TPSA) is 81.1 Å². The standard InChI is InChI=1S/C13H21N3O/c1-4-13(2,3)8-16-12(17)9-5-10(14)7-11(15)6-9/h5-7H,4,8,14-15H2,1-3H3,(H,16,17). The number of hydrogen-bond donors (Lipinski definition) is 3. The fraction of sp³-hybridized carbons (Fsp3) is 0.462. The summed E-state index contributed by atoms with van der Waals surface area (Å²) < 4.78 is 0. The summed E-state index contributed by atoms with van der Waals surface area (Å²) in [6.07, 6.45) is 1.01. The van der Waals surface area contributed by atoms with Gasteiger partial charge in [0.05, 0.1) is 0 Å². The molecule has 0 aliphatic heterocycles. The van der Waals surface area contributed by atoms with Crippen LogP contribution < -0.4 is 16.8 Å². The van der Waals surface area contributed by atoms with Gasteiger partial charge in [-0.25, -0.2) is 0 Å². The van der Waals surface area contributed by atoms with Crippen molar-refractivity contribution in [2.45, 2.75) is 27.2 Å². The summed E-state index contributed by atoms with van der Waals surface area (Å²) in [7, 11) is 0. The lowest BCUT2D eigenvalue weighted by Crippen LogP contribution is -2.33. The van der Waals surface area contributed by atoms with Crippen molar-refractivity contribution in [2.75, 3.05) is 18.0 Å². The van der Waals surface area contributed by atoms with Crippen LogP contribution in [0.2, 0.25) is 0 Å². The van der Waals surface area contributed by atoms with Gasteiger partial charge in [0, 0.05) is 23.5 Å². The second-order valence-electron chi connectivity index (χ2n) is 5.09.